The number of nitrogens with zero attached hydrogens (tertiary/aromatic N) is 3. The molecule has 2 fully saturated rings. The van der Waals surface area contributed by atoms with Gasteiger partial charge in [0, 0.05) is 43.8 Å². The Hall–Kier alpha value is -1.87. The summed E-state index contributed by atoms with van der Waals surface area (Å²) in [6.45, 7) is 3.79. The van der Waals surface area contributed by atoms with E-state index in [1.165, 1.54) is 0 Å². The standard InChI is InChI=1S/C14H21N5O3S/c20-12(19-8-9-22-14(19)21)16-4-3-15-11-1-6-18(7-2-11)13-17-5-10-23-13/h5,10-11,15H,1-4,6-9H2,(H,16,20). The summed E-state index contributed by atoms with van der Waals surface area (Å²) in [7, 11) is 0. The number of nitrogens with one attached hydrogen (secondary N) is 2. The van der Waals surface area contributed by atoms with Crippen LogP contribution < -0.4 is 15.5 Å². The number of carbonyl (C=O) groups is 2. The Labute approximate surface area is 138 Å². The summed E-state index contributed by atoms with van der Waals surface area (Å²) < 4.78 is 4.73. The van der Waals surface area contributed by atoms with Crippen LogP contribution >= 0.6 is 11.3 Å². The average Bonchev–Trinajstić information content (AvgIpc) is 3.23. The normalized spacial score (nSPS) is 19.0. The van der Waals surface area contributed by atoms with Crippen molar-refractivity contribution in [2.24, 2.45) is 0 Å². The molecule has 0 spiro atoms. The van der Waals surface area contributed by atoms with Crippen LogP contribution in [0.25, 0.3) is 0 Å². The van der Waals surface area contributed by atoms with Gasteiger partial charge in [-0.15, -0.1) is 11.3 Å². The number of ether oxygens (including phenoxy) is 1. The maximum absolute atomic E-state index is 11.8. The monoisotopic (exact) mass is 339 g/mol. The van der Waals surface area contributed by atoms with E-state index in [-0.39, 0.29) is 12.6 Å². The molecule has 3 amide bonds. The number of carbonyl (C=O) groups excluding carboxylic acids is 2. The van der Waals surface area contributed by atoms with E-state index in [2.05, 4.69) is 20.5 Å². The molecule has 0 aromatic carbocycles. The number of rotatable bonds is 5. The summed E-state index contributed by atoms with van der Waals surface area (Å²) in [4.78, 5) is 30.7. The highest BCUT2D eigenvalue weighted by Gasteiger charge is 2.28. The highest BCUT2D eigenvalue weighted by molar-refractivity contribution is 7.13. The van der Waals surface area contributed by atoms with Crippen molar-refractivity contribution in [3.63, 3.8) is 0 Å². The van der Waals surface area contributed by atoms with Crippen molar-refractivity contribution in [3.05, 3.63) is 11.6 Å². The molecule has 0 radical (unpaired) electrons. The predicted octanol–water partition coefficient (Wildman–Crippen LogP) is 0.863. The minimum Gasteiger partial charge on any atom is -0.447 e. The van der Waals surface area contributed by atoms with Gasteiger partial charge in [-0.25, -0.2) is 19.5 Å². The molecule has 0 atom stereocenters. The van der Waals surface area contributed by atoms with Crippen molar-refractivity contribution in [2.75, 3.05) is 44.2 Å². The molecule has 1 aromatic heterocycles. The highest BCUT2D eigenvalue weighted by atomic mass is 32.1. The second-order valence-electron chi connectivity index (χ2n) is 5.53. The van der Waals surface area contributed by atoms with Crippen LogP contribution in [0.1, 0.15) is 12.8 Å². The van der Waals surface area contributed by atoms with Gasteiger partial charge >= 0.3 is 12.1 Å². The number of urea groups is 1. The van der Waals surface area contributed by atoms with E-state index in [0.717, 1.165) is 36.0 Å². The van der Waals surface area contributed by atoms with Crippen molar-refractivity contribution < 1.29 is 14.3 Å². The Morgan fingerprint density at radius 1 is 1.35 bits per heavy atom. The van der Waals surface area contributed by atoms with Gasteiger partial charge in [0.25, 0.3) is 0 Å². The van der Waals surface area contributed by atoms with E-state index in [1.54, 1.807) is 11.3 Å². The van der Waals surface area contributed by atoms with Gasteiger partial charge in [0.1, 0.15) is 6.61 Å². The molecule has 9 heteroatoms. The van der Waals surface area contributed by atoms with Crippen molar-refractivity contribution >= 4 is 28.6 Å². The summed E-state index contributed by atoms with van der Waals surface area (Å²) in [6, 6.07) is 0.0766. The van der Waals surface area contributed by atoms with E-state index in [9.17, 15) is 9.59 Å². The third-order valence-corrected chi connectivity index (χ3v) is 4.86. The molecule has 23 heavy (non-hydrogen) atoms. The fourth-order valence-electron chi connectivity index (χ4n) is 2.77. The first-order valence-electron chi connectivity index (χ1n) is 7.84. The molecule has 0 bridgehead atoms. The lowest BCUT2D eigenvalue weighted by Crippen LogP contribution is -2.46. The number of anilines is 1. The van der Waals surface area contributed by atoms with Crippen LogP contribution in [0.5, 0.6) is 0 Å². The van der Waals surface area contributed by atoms with Gasteiger partial charge < -0.3 is 20.3 Å². The van der Waals surface area contributed by atoms with E-state index >= 15 is 0 Å². The summed E-state index contributed by atoms with van der Waals surface area (Å²) in [5.41, 5.74) is 0. The first-order chi connectivity index (χ1) is 11.2. The van der Waals surface area contributed by atoms with Gasteiger partial charge in [-0.1, -0.05) is 0 Å². The molecule has 3 heterocycles. The van der Waals surface area contributed by atoms with Gasteiger partial charge in [0.2, 0.25) is 0 Å². The maximum Gasteiger partial charge on any atom is 0.418 e. The van der Waals surface area contributed by atoms with Crippen molar-refractivity contribution in [3.8, 4) is 0 Å². The van der Waals surface area contributed by atoms with E-state index in [1.807, 2.05) is 11.6 Å². The highest BCUT2D eigenvalue weighted by Crippen LogP contribution is 2.21. The molecular formula is C14H21N5O3S. The van der Waals surface area contributed by atoms with E-state index in [0.29, 0.717) is 25.7 Å². The average molecular weight is 339 g/mol. The summed E-state index contributed by atoms with van der Waals surface area (Å²) in [5.74, 6) is 0. The topological polar surface area (TPSA) is 86.8 Å². The van der Waals surface area contributed by atoms with Crippen LogP contribution in [0.2, 0.25) is 0 Å². The summed E-state index contributed by atoms with van der Waals surface area (Å²) in [5, 5.41) is 9.27. The molecule has 8 nitrogen and oxygen atoms in total. The van der Waals surface area contributed by atoms with Gasteiger partial charge in [-0.3, -0.25) is 0 Å². The Balaban J connectivity index is 1.30. The number of piperidine rings is 1. The van der Waals surface area contributed by atoms with Crippen LogP contribution in [0.15, 0.2) is 11.6 Å². The number of imide groups is 1. The first-order valence-corrected chi connectivity index (χ1v) is 8.72. The zero-order valence-electron chi connectivity index (χ0n) is 12.9. The molecule has 2 aliphatic heterocycles. The summed E-state index contributed by atoms with van der Waals surface area (Å²) in [6.07, 6.45) is 3.39. The minimum absolute atomic E-state index is 0.280. The number of cyclic esters (lactones) is 1. The molecule has 1 aromatic rings. The van der Waals surface area contributed by atoms with Crippen LogP contribution in [-0.4, -0.2) is 67.4 Å². The molecule has 0 saturated carbocycles. The minimum atomic E-state index is -0.565. The second-order valence-corrected chi connectivity index (χ2v) is 6.40. The first kappa shape index (κ1) is 16.0. The Bertz CT molecular complexity index is 531. The predicted molar refractivity (Wildman–Crippen MR) is 86.8 cm³/mol. The second kappa shape index (κ2) is 7.60. The molecule has 2 aliphatic rings. The lowest BCUT2D eigenvalue weighted by molar-refractivity contribution is 0.158. The van der Waals surface area contributed by atoms with Gasteiger partial charge in [0.05, 0.1) is 6.54 Å². The molecule has 0 unspecified atom stereocenters. The molecule has 2 saturated heterocycles. The molecule has 2 N–H and O–H groups in total. The number of hydrogen-bond donors (Lipinski definition) is 2. The van der Waals surface area contributed by atoms with E-state index in [4.69, 9.17) is 4.74 Å². The van der Waals surface area contributed by atoms with Gasteiger partial charge in [0.15, 0.2) is 5.13 Å². The van der Waals surface area contributed by atoms with Crippen LogP contribution in [0.3, 0.4) is 0 Å². The Kier molecular flexibility index (Phi) is 5.29. The third-order valence-electron chi connectivity index (χ3n) is 4.02. The number of thiazole rings is 1. The number of aromatic nitrogens is 1. The molecule has 126 valence electrons. The molecule has 0 aliphatic carbocycles. The lowest BCUT2D eigenvalue weighted by Gasteiger charge is -2.32. The third kappa shape index (κ3) is 4.11. The van der Waals surface area contributed by atoms with Crippen LogP contribution in [0.4, 0.5) is 14.7 Å². The number of amides is 3. The van der Waals surface area contributed by atoms with Gasteiger partial charge in [-0.05, 0) is 12.8 Å². The fourth-order valence-corrected chi connectivity index (χ4v) is 3.46. The van der Waals surface area contributed by atoms with Crippen LogP contribution in [-0.2, 0) is 4.74 Å². The van der Waals surface area contributed by atoms with Gasteiger partial charge in [-0.2, -0.15) is 0 Å². The zero-order chi connectivity index (χ0) is 16.1. The molecule has 3 rings (SSSR count). The SMILES string of the molecule is O=C(NCCNC1CCN(c2nccs2)CC1)N1CCOC1=O. The summed E-state index contributed by atoms with van der Waals surface area (Å²) >= 11 is 1.67. The van der Waals surface area contributed by atoms with Crippen molar-refractivity contribution in [1.29, 1.82) is 0 Å². The quantitative estimate of drug-likeness (QED) is 0.774. The maximum atomic E-state index is 11.8. The van der Waals surface area contributed by atoms with Crippen LogP contribution in [0, 0.1) is 0 Å². The Morgan fingerprint density at radius 3 is 2.83 bits per heavy atom. The largest absolute Gasteiger partial charge is 0.447 e. The zero-order valence-corrected chi connectivity index (χ0v) is 13.7. The fraction of sp³-hybridized carbons (Fsp3) is 0.643. The van der Waals surface area contributed by atoms with E-state index < -0.39 is 6.09 Å². The smallest absolute Gasteiger partial charge is 0.418 e. The lowest BCUT2D eigenvalue weighted by atomic mass is 10.1. The van der Waals surface area contributed by atoms with Crippen molar-refractivity contribution in [1.82, 2.24) is 20.5 Å². The Morgan fingerprint density at radius 2 is 2.17 bits per heavy atom. The number of hydrogen-bond acceptors (Lipinski definition) is 7. The molecular weight excluding hydrogens is 318 g/mol. The van der Waals surface area contributed by atoms with Crippen molar-refractivity contribution in [2.45, 2.75) is 18.9 Å².